The van der Waals surface area contributed by atoms with Crippen LogP contribution in [0.4, 0.5) is 0 Å². The Morgan fingerprint density at radius 2 is 2.10 bits per heavy atom. The molecule has 0 saturated heterocycles. The molecule has 1 aromatic carbocycles. The minimum Gasteiger partial charge on any atom is -0.494 e. The number of aromatic nitrogens is 3. The fourth-order valence-electron chi connectivity index (χ4n) is 2.00. The lowest BCUT2D eigenvalue weighted by atomic mass is 10.1. The molecule has 2 aromatic heterocycles. The van der Waals surface area contributed by atoms with Crippen LogP contribution in [0, 0.1) is 0 Å². The maximum atomic E-state index is 11.2. The van der Waals surface area contributed by atoms with Crippen LogP contribution in [-0.4, -0.2) is 32.3 Å². The largest absolute Gasteiger partial charge is 0.494 e. The molecule has 21 heavy (non-hydrogen) atoms. The van der Waals surface area contributed by atoms with Gasteiger partial charge in [-0.15, -0.1) is 21.5 Å². The Morgan fingerprint density at radius 3 is 2.76 bits per heavy atom. The summed E-state index contributed by atoms with van der Waals surface area (Å²) in [4.78, 5) is 11.8. The van der Waals surface area contributed by atoms with Gasteiger partial charge >= 0.3 is 5.97 Å². The van der Waals surface area contributed by atoms with Crippen LogP contribution in [0.5, 0.6) is 5.75 Å². The molecule has 0 fully saturated rings. The van der Waals surface area contributed by atoms with E-state index in [2.05, 4.69) is 17.1 Å². The molecule has 0 amide bonds. The molecule has 108 valence electrons. The van der Waals surface area contributed by atoms with Crippen molar-refractivity contribution in [3.8, 4) is 17.0 Å². The van der Waals surface area contributed by atoms with Gasteiger partial charge in [0.05, 0.1) is 12.3 Å². The van der Waals surface area contributed by atoms with Gasteiger partial charge in [0.15, 0.2) is 0 Å². The minimum absolute atomic E-state index is 0.0763. The number of ether oxygens (including phenoxy) is 1. The lowest BCUT2D eigenvalue weighted by Crippen LogP contribution is -2.04. The van der Waals surface area contributed by atoms with E-state index in [4.69, 9.17) is 9.84 Å². The van der Waals surface area contributed by atoms with E-state index in [1.54, 1.807) is 4.40 Å². The molecule has 0 spiro atoms. The van der Waals surface area contributed by atoms with Crippen molar-refractivity contribution >= 4 is 22.3 Å². The van der Waals surface area contributed by atoms with Crippen molar-refractivity contribution in [2.75, 3.05) is 6.61 Å². The number of thiazole rings is 1. The van der Waals surface area contributed by atoms with Crippen molar-refractivity contribution in [2.45, 2.75) is 13.3 Å². The van der Waals surface area contributed by atoms with Crippen molar-refractivity contribution in [3.05, 3.63) is 35.5 Å². The summed E-state index contributed by atoms with van der Waals surface area (Å²) < 4.78 is 7.09. The average Bonchev–Trinajstić information content (AvgIpc) is 3.07. The zero-order chi connectivity index (χ0) is 14.8. The molecule has 1 N–H and O–H groups in total. The maximum absolute atomic E-state index is 11.2. The van der Waals surface area contributed by atoms with Crippen LogP contribution in [0.1, 0.15) is 24.0 Å². The minimum atomic E-state index is -1.09. The zero-order valence-corrected chi connectivity index (χ0v) is 12.1. The van der Waals surface area contributed by atoms with Crippen LogP contribution in [0.3, 0.4) is 0 Å². The Morgan fingerprint density at radius 1 is 1.33 bits per heavy atom. The second-order valence-corrected chi connectivity index (χ2v) is 5.28. The summed E-state index contributed by atoms with van der Waals surface area (Å²) in [5.74, 6) is -0.369. The van der Waals surface area contributed by atoms with Crippen LogP contribution < -0.4 is 4.74 Å². The highest BCUT2D eigenvalue weighted by atomic mass is 32.1. The number of benzene rings is 1. The topological polar surface area (TPSA) is 76.7 Å². The molecular weight excluding hydrogens is 290 g/mol. The van der Waals surface area contributed by atoms with E-state index >= 15 is 0 Å². The molecule has 0 aliphatic carbocycles. The molecule has 0 atom stereocenters. The Bertz CT molecular complexity index is 776. The number of carboxylic acid groups (broad SMARTS) is 1. The van der Waals surface area contributed by atoms with Gasteiger partial charge in [-0.2, -0.15) is 0 Å². The van der Waals surface area contributed by atoms with Gasteiger partial charge in [0.25, 0.3) is 0 Å². The summed E-state index contributed by atoms with van der Waals surface area (Å²) in [6.07, 6.45) is 0.954. The summed E-state index contributed by atoms with van der Waals surface area (Å²) >= 11 is 1.36. The number of carbonyl (C=O) groups is 1. The Kier molecular flexibility index (Phi) is 3.57. The van der Waals surface area contributed by atoms with Crippen LogP contribution in [-0.2, 0) is 0 Å². The Balaban J connectivity index is 2.00. The molecule has 6 nitrogen and oxygen atoms in total. The maximum Gasteiger partial charge on any atom is 0.374 e. The van der Waals surface area contributed by atoms with Crippen LogP contribution in [0.15, 0.2) is 29.6 Å². The molecule has 7 heteroatoms. The number of rotatable bonds is 5. The van der Waals surface area contributed by atoms with Crippen molar-refractivity contribution in [2.24, 2.45) is 0 Å². The standard InChI is InChI=1S/C14H13N3O3S/c1-2-7-20-10-5-3-9(4-6-10)11-8-21-14-16-15-12(13(18)19)17(11)14/h3-6,8H,2,7H2,1H3,(H,18,19). The fraction of sp³-hybridized carbons (Fsp3) is 0.214. The van der Waals surface area contributed by atoms with Gasteiger partial charge in [-0.05, 0) is 36.2 Å². The third-order valence-corrected chi connectivity index (χ3v) is 3.78. The summed E-state index contributed by atoms with van der Waals surface area (Å²) in [5, 5.41) is 18.6. The summed E-state index contributed by atoms with van der Waals surface area (Å²) in [7, 11) is 0. The van der Waals surface area contributed by atoms with Crippen LogP contribution >= 0.6 is 11.3 Å². The van der Waals surface area contributed by atoms with Crippen molar-refractivity contribution in [3.63, 3.8) is 0 Å². The van der Waals surface area contributed by atoms with E-state index < -0.39 is 5.97 Å². The smallest absolute Gasteiger partial charge is 0.374 e. The number of hydrogen-bond donors (Lipinski definition) is 1. The van der Waals surface area contributed by atoms with Gasteiger partial charge in [0.2, 0.25) is 10.8 Å². The van der Waals surface area contributed by atoms with E-state index in [1.807, 2.05) is 29.6 Å². The van der Waals surface area contributed by atoms with Crippen molar-refractivity contribution in [1.29, 1.82) is 0 Å². The second-order valence-electron chi connectivity index (χ2n) is 4.44. The molecule has 2 heterocycles. The van der Waals surface area contributed by atoms with E-state index in [9.17, 15) is 4.79 Å². The number of hydrogen-bond acceptors (Lipinski definition) is 5. The molecule has 0 radical (unpaired) electrons. The number of nitrogens with zero attached hydrogens (tertiary/aromatic N) is 3. The zero-order valence-electron chi connectivity index (χ0n) is 11.3. The molecule has 0 unspecified atom stereocenters. The van der Waals surface area contributed by atoms with Crippen LogP contribution in [0.2, 0.25) is 0 Å². The predicted octanol–water partition coefficient (Wildman–Crippen LogP) is 2.94. The van der Waals surface area contributed by atoms with E-state index in [0.717, 1.165) is 23.4 Å². The van der Waals surface area contributed by atoms with Gasteiger partial charge in [-0.3, -0.25) is 4.40 Å². The van der Waals surface area contributed by atoms with Crippen molar-refractivity contribution in [1.82, 2.24) is 14.6 Å². The monoisotopic (exact) mass is 303 g/mol. The predicted molar refractivity (Wildman–Crippen MR) is 79.0 cm³/mol. The first-order valence-corrected chi connectivity index (χ1v) is 7.38. The summed E-state index contributed by atoms with van der Waals surface area (Å²) in [5.41, 5.74) is 1.66. The first-order chi connectivity index (χ1) is 10.2. The molecular formula is C14H13N3O3S. The molecule has 0 aliphatic rings. The van der Waals surface area contributed by atoms with E-state index in [-0.39, 0.29) is 5.82 Å². The normalized spacial score (nSPS) is 10.9. The SMILES string of the molecule is CCCOc1ccc(-c2csc3nnc(C(=O)O)n23)cc1. The highest BCUT2D eigenvalue weighted by Gasteiger charge is 2.18. The summed E-state index contributed by atoms with van der Waals surface area (Å²) in [6.45, 7) is 2.73. The average molecular weight is 303 g/mol. The molecule has 0 saturated carbocycles. The highest BCUT2D eigenvalue weighted by molar-refractivity contribution is 7.15. The lowest BCUT2D eigenvalue weighted by molar-refractivity contribution is 0.0682. The molecule has 3 aromatic rings. The van der Waals surface area contributed by atoms with Gasteiger partial charge in [0.1, 0.15) is 5.75 Å². The van der Waals surface area contributed by atoms with Gasteiger partial charge in [0, 0.05) is 5.38 Å². The lowest BCUT2D eigenvalue weighted by Gasteiger charge is -2.06. The number of aromatic carboxylic acids is 1. The number of fused-ring (bicyclic) bond motifs is 1. The summed E-state index contributed by atoms with van der Waals surface area (Å²) in [6, 6.07) is 7.55. The molecule has 0 aliphatic heterocycles. The molecule has 3 rings (SSSR count). The van der Waals surface area contributed by atoms with Crippen molar-refractivity contribution < 1.29 is 14.6 Å². The van der Waals surface area contributed by atoms with E-state index in [0.29, 0.717) is 11.6 Å². The number of carboxylic acids is 1. The van der Waals surface area contributed by atoms with Gasteiger partial charge < -0.3 is 9.84 Å². The quantitative estimate of drug-likeness (QED) is 0.784. The van der Waals surface area contributed by atoms with Gasteiger partial charge in [-0.25, -0.2) is 4.79 Å². The third-order valence-electron chi connectivity index (χ3n) is 2.96. The van der Waals surface area contributed by atoms with Gasteiger partial charge in [-0.1, -0.05) is 6.92 Å². The third kappa shape index (κ3) is 2.47. The van der Waals surface area contributed by atoms with E-state index in [1.165, 1.54) is 11.3 Å². The Labute approximate surface area is 124 Å². The fourth-order valence-corrected chi connectivity index (χ4v) is 2.84. The van der Waals surface area contributed by atoms with Crippen LogP contribution in [0.25, 0.3) is 16.2 Å². The second kappa shape index (κ2) is 5.53. The molecule has 0 bridgehead atoms. The first-order valence-electron chi connectivity index (χ1n) is 6.50. The first kappa shape index (κ1) is 13.6. The Hall–Kier alpha value is -2.41. The highest BCUT2D eigenvalue weighted by Crippen LogP contribution is 2.28.